The van der Waals surface area contributed by atoms with Crippen LogP contribution in [0.3, 0.4) is 0 Å². The molecule has 2 aromatic carbocycles. The number of hydrogen-bond acceptors (Lipinski definition) is 3. The second-order valence-corrected chi connectivity index (χ2v) is 5.76. The van der Waals surface area contributed by atoms with Gasteiger partial charge in [0.25, 0.3) is 5.91 Å². The smallest absolute Gasteiger partial charge is 0.321 e. The first-order valence-electron chi connectivity index (χ1n) is 7.94. The number of nitrogens with one attached hydrogen (secondary N) is 1. The molecule has 29 heavy (non-hydrogen) atoms. The molecule has 0 aliphatic rings. The normalized spacial score (nSPS) is 11.0. The molecule has 0 aliphatic carbocycles. The van der Waals surface area contributed by atoms with Gasteiger partial charge in [0, 0.05) is 11.8 Å². The van der Waals surface area contributed by atoms with Crippen molar-refractivity contribution < 1.29 is 27.2 Å². The highest BCUT2D eigenvalue weighted by Gasteiger charge is 2.36. The van der Waals surface area contributed by atoms with Gasteiger partial charge in [-0.05, 0) is 30.3 Å². The zero-order valence-corrected chi connectivity index (χ0v) is 14.4. The van der Waals surface area contributed by atoms with E-state index in [1.165, 1.54) is 24.3 Å². The van der Waals surface area contributed by atoms with E-state index in [0.29, 0.717) is 6.07 Å². The van der Waals surface area contributed by atoms with Crippen molar-refractivity contribution in [3.63, 3.8) is 0 Å². The van der Waals surface area contributed by atoms with Gasteiger partial charge >= 0.3 is 6.18 Å². The minimum absolute atomic E-state index is 0.00900. The average Bonchev–Trinajstić information content (AvgIpc) is 3.15. The molecule has 6 nitrogen and oxygen atoms in total. The summed E-state index contributed by atoms with van der Waals surface area (Å²) in [6.07, 6.45) is -4.56. The zero-order chi connectivity index (χ0) is 21.2. The minimum Gasteiger partial charge on any atom is -0.321 e. The molecule has 0 bridgehead atoms. The molecule has 0 saturated carbocycles. The molecule has 146 valence electrons. The fraction of sp³-hybridized carbons (Fsp3) is 0.0526. The highest BCUT2D eigenvalue weighted by Crippen LogP contribution is 2.30. The van der Waals surface area contributed by atoms with Gasteiger partial charge in [0.05, 0.1) is 17.8 Å². The molecule has 0 radical (unpaired) electrons. The van der Waals surface area contributed by atoms with Gasteiger partial charge in [-0.1, -0.05) is 12.1 Å². The molecule has 0 fully saturated rings. The minimum atomic E-state index is -4.81. The number of anilines is 1. The standard InChI is InChI=1S/C19H10F4N4O2/c1-24-12-3-2-4-14(8-12)27-16(9-17(26-27)19(21,22)23)18(29)25-13-5-6-15(20)11(7-13)10-28/h2-10H,(H,25,29). The largest absolute Gasteiger partial charge is 0.435 e. The van der Waals surface area contributed by atoms with E-state index in [4.69, 9.17) is 6.57 Å². The Kier molecular flexibility index (Phi) is 5.14. The lowest BCUT2D eigenvalue weighted by molar-refractivity contribution is -0.141. The number of hydrogen-bond donors (Lipinski definition) is 1. The van der Waals surface area contributed by atoms with Crippen molar-refractivity contribution in [2.24, 2.45) is 0 Å². The number of rotatable bonds is 4. The molecule has 0 aliphatic heterocycles. The van der Waals surface area contributed by atoms with Crippen molar-refractivity contribution in [1.29, 1.82) is 0 Å². The fourth-order valence-electron chi connectivity index (χ4n) is 2.48. The van der Waals surface area contributed by atoms with Gasteiger partial charge < -0.3 is 5.32 Å². The number of carbonyl (C=O) groups excluding carboxylic acids is 2. The van der Waals surface area contributed by atoms with E-state index in [1.54, 1.807) is 0 Å². The quantitative estimate of drug-likeness (QED) is 0.393. The molecule has 10 heteroatoms. The first-order valence-corrected chi connectivity index (χ1v) is 7.94. The van der Waals surface area contributed by atoms with E-state index in [1.807, 2.05) is 0 Å². The first-order chi connectivity index (χ1) is 13.7. The highest BCUT2D eigenvalue weighted by atomic mass is 19.4. The van der Waals surface area contributed by atoms with Crippen LogP contribution in [-0.4, -0.2) is 22.0 Å². The van der Waals surface area contributed by atoms with Crippen molar-refractivity contribution >= 4 is 23.6 Å². The number of aldehydes is 1. The summed E-state index contributed by atoms with van der Waals surface area (Å²) in [5.41, 5.74) is -1.86. The van der Waals surface area contributed by atoms with Gasteiger partial charge in [-0.15, -0.1) is 0 Å². The van der Waals surface area contributed by atoms with Crippen LogP contribution >= 0.6 is 0 Å². The Morgan fingerprint density at radius 2 is 1.93 bits per heavy atom. The summed E-state index contributed by atoms with van der Waals surface area (Å²) < 4.78 is 53.6. The van der Waals surface area contributed by atoms with Crippen LogP contribution in [0.4, 0.5) is 28.9 Å². The summed E-state index contributed by atoms with van der Waals surface area (Å²) in [4.78, 5) is 26.6. The Labute approximate surface area is 161 Å². The molecule has 3 aromatic rings. The van der Waals surface area contributed by atoms with Crippen molar-refractivity contribution in [2.45, 2.75) is 6.18 Å². The van der Waals surface area contributed by atoms with Crippen LogP contribution in [-0.2, 0) is 6.18 Å². The number of halogens is 4. The molecule has 0 spiro atoms. The summed E-state index contributed by atoms with van der Waals surface area (Å²) in [7, 11) is 0. The number of nitrogens with zero attached hydrogens (tertiary/aromatic N) is 3. The lowest BCUT2D eigenvalue weighted by Gasteiger charge is -2.09. The van der Waals surface area contributed by atoms with E-state index >= 15 is 0 Å². The zero-order valence-electron chi connectivity index (χ0n) is 14.4. The van der Waals surface area contributed by atoms with Crippen molar-refractivity contribution in [3.8, 4) is 5.69 Å². The van der Waals surface area contributed by atoms with Gasteiger partial charge in [-0.3, -0.25) is 9.59 Å². The maximum absolute atomic E-state index is 13.4. The third kappa shape index (κ3) is 4.14. The Hall–Kier alpha value is -4.00. The predicted molar refractivity (Wildman–Crippen MR) is 94.6 cm³/mol. The third-order valence-electron chi connectivity index (χ3n) is 3.82. The topological polar surface area (TPSA) is 68.3 Å². The lowest BCUT2D eigenvalue weighted by atomic mass is 10.2. The number of aromatic nitrogens is 2. The Morgan fingerprint density at radius 3 is 2.59 bits per heavy atom. The van der Waals surface area contributed by atoms with Gasteiger partial charge in [0.15, 0.2) is 17.7 Å². The van der Waals surface area contributed by atoms with Gasteiger partial charge in [-0.2, -0.15) is 18.3 Å². The Bertz CT molecular complexity index is 1150. The predicted octanol–water partition coefficient (Wildman–Crippen LogP) is 4.65. The van der Waals surface area contributed by atoms with Crippen LogP contribution in [0.5, 0.6) is 0 Å². The van der Waals surface area contributed by atoms with Gasteiger partial charge in [0.2, 0.25) is 0 Å². The van der Waals surface area contributed by atoms with Gasteiger partial charge in [-0.25, -0.2) is 13.9 Å². The summed E-state index contributed by atoms with van der Waals surface area (Å²) in [6, 6.07) is 9.26. The molecule has 0 atom stereocenters. The van der Waals surface area contributed by atoms with E-state index in [9.17, 15) is 27.2 Å². The Balaban J connectivity index is 2.05. The Morgan fingerprint density at radius 1 is 1.17 bits per heavy atom. The fourth-order valence-corrected chi connectivity index (χ4v) is 2.48. The monoisotopic (exact) mass is 402 g/mol. The molecule has 0 unspecified atom stereocenters. The first kappa shape index (κ1) is 19.8. The molecule has 1 heterocycles. The average molecular weight is 402 g/mol. The number of carbonyl (C=O) groups is 2. The summed E-state index contributed by atoms with van der Waals surface area (Å²) in [5, 5.41) is 5.76. The van der Waals surface area contributed by atoms with E-state index in [0.717, 1.165) is 22.9 Å². The van der Waals surface area contributed by atoms with Crippen LogP contribution in [0.25, 0.3) is 10.5 Å². The molecular formula is C19H10F4N4O2. The second-order valence-electron chi connectivity index (χ2n) is 5.76. The van der Waals surface area contributed by atoms with Crippen molar-refractivity contribution in [3.05, 3.63) is 82.7 Å². The van der Waals surface area contributed by atoms with Crippen LogP contribution in [0.15, 0.2) is 48.5 Å². The SMILES string of the molecule is [C-]#[N+]c1cccc(-n2nc(C(F)(F)F)cc2C(=O)Nc2ccc(F)c(C=O)c2)c1. The number of benzene rings is 2. The van der Waals surface area contributed by atoms with Crippen LogP contribution in [0, 0.1) is 12.4 Å². The van der Waals surface area contributed by atoms with E-state index < -0.39 is 29.3 Å². The number of amides is 1. The van der Waals surface area contributed by atoms with Crippen LogP contribution in [0.2, 0.25) is 0 Å². The molecular weight excluding hydrogens is 392 g/mol. The molecule has 1 aromatic heterocycles. The molecule has 3 rings (SSSR count). The molecule has 0 saturated heterocycles. The lowest BCUT2D eigenvalue weighted by Crippen LogP contribution is -2.17. The van der Waals surface area contributed by atoms with Crippen molar-refractivity contribution in [2.75, 3.05) is 5.32 Å². The maximum atomic E-state index is 13.4. The maximum Gasteiger partial charge on any atom is 0.435 e. The van der Waals surface area contributed by atoms with E-state index in [2.05, 4.69) is 15.3 Å². The second kappa shape index (κ2) is 7.55. The summed E-state index contributed by atoms with van der Waals surface area (Å²) in [5.74, 6) is -1.77. The van der Waals surface area contributed by atoms with Crippen LogP contribution in [0.1, 0.15) is 26.5 Å². The number of alkyl halides is 3. The summed E-state index contributed by atoms with van der Waals surface area (Å²) in [6.45, 7) is 7.03. The highest BCUT2D eigenvalue weighted by molar-refractivity contribution is 6.04. The third-order valence-corrected chi connectivity index (χ3v) is 3.82. The van der Waals surface area contributed by atoms with E-state index in [-0.39, 0.29) is 28.9 Å². The molecule has 1 N–H and O–H groups in total. The van der Waals surface area contributed by atoms with Crippen LogP contribution < -0.4 is 5.32 Å². The summed E-state index contributed by atoms with van der Waals surface area (Å²) >= 11 is 0. The molecule has 1 amide bonds. The van der Waals surface area contributed by atoms with Crippen molar-refractivity contribution in [1.82, 2.24) is 9.78 Å². The van der Waals surface area contributed by atoms with Gasteiger partial charge in [0.1, 0.15) is 11.5 Å².